The fourth-order valence-corrected chi connectivity index (χ4v) is 2.46. The van der Waals surface area contributed by atoms with Gasteiger partial charge >= 0.3 is 17.6 Å². The second-order valence-corrected chi connectivity index (χ2v) is 5.19. The zero-order valence-electron chi connectivity index (χ0n) is 10.5. The van der Waals surface area contributed by atoms with E-state index in [0.29, 0.717) is 16.3 Å². The van der Waals surface area contributed by atoms with Gasteiger partial charge in [0.15, 0.2) is 0 Å². The number of hydrogen-bond donors (Lipinski definition) is 2. The predicted octanol–water partition coefficient (Wildman–Crippen LogP) is 1.96. The minimum Gasteiger partial charge on any atom is -0.247 e. The van der Waals surface area contributed by atoms with Gasteiger partial charge in [-0.25, -0.2) is 28.7 Å². The Kier molecular flexibility index (Phi) is 3.99. The summed E-state index contributed by atoms with van der Waals surface area (Å²) < 4.78 is 51.1. The van der Waals surface area contributed by atoms with Gasteiger partial charge in [-0.15, -0.1) is 11.8 Å². The quantitative estimate of drug-likeness (QED) is 0.670. The molecule has 0 aliphatic carbocycles. The summed E-state index contributed by atoms with van der Waals surface area (Å²) in [6, 6.07) is 2.03. The van der Waals surface area contributed by atoms with Gasteiger partial charge in [-0.1, -0.05) is 0 Å². The summed E-state index contributed by atoms with van der Waals surface area (Å²) in [4.78, 5) is 23.0. The first kappa shape index (κ1) is 15.4. The predicted molar refractivity (Wildman–Crippen MR) is 68.5 cm³/mol. The molecule has 0 aliphatic heterocycles. The van der Waals surface area contributed by atoms with E-state index in [1.165, 1.54) is 6.92 Å². The van der Waals surface area contributed by atoms with Crippen LogP contribution < -0.4 is 11.4 Å². The summed E-state index contributed by atoms with van der Waals surface area (Å²) in [6.45, 7) is 1.44. The number of aryl methyl sites for hydroxylation is 1. The average Bonchev–Trinajstić information content (AvgIpc) is 2.68. The van der Waals surface area contributed by atoms with Crippen molar-refractivity contribution in [3.63, 3.8) is 0 Å². The molecule has 10 heteroatoms. The van der Waals surface area contributed by atoms with Gasteiger partial charge in [0.05, 0.1) is 11.4 Å². The maximum atomic E-state index is 13.9. The average molecular weight is 323 g/mol. The van der Waals surface area contributed by atoms with Crippen LogP contribution in [0.4, 0.5) is 17.6 Å². The molecule has 0 atom stereocenters. The molecule has 0 saturated heterocycles. The largest absolute Gasteiger partial charge is 0.398 e. The molecule has 0 unspecified atom stereocenters. The molecular weight excluding hydrogens is 314 g/mol. The number of nitrogens with one attached hydrogen (secondary N) is 2. The molecule has 2 aromatic rings. The Bertz CT molecular complexity index is 747. The van der Waals surface area contributed by atoms with Crippen molar-refractivity contribution in [2.45, 2.75) is 18.0 Å². The minimum absolute atomic E-state index is 0.135. The van der Waals surface area contributed by atoms with Crippen molar-refractivity contribution in [3.8, 4) is 5.69 Å². The lowest BCUT2D eigenvalue weighted by molar-refractivity contribution is -0.105. The molecule has 1 heterocycles. The van der Waals surface area contributed by atoms with Crippen LogP contribution in [0.3, 0.4) is 0 Å². The van der Waals surface area contributed by atoms with Crippen molar-refractivity contribution >= 4 is 11.8 Å². The lowest BCUT2D eigenvalue weighted by atomic mass is 10.2. The third-order valence-corrected chi connectivity index (χ3v) is 3.78. The fraction of sp³-hybridized carbons (Fsp3) is 0.273. The van der Waals surface area contributed by atoms with Crippen LogP contribution >= 0.6 is 11.8 Å². The third kappa shape index (κ3) is 3.38. The molecule has 5 nitrogen and oxygen atoms in total. The van der Waals surface area contributed by atoms with Crippen molar-refractivity contribution in [1.82, 2.24) is 14.8 Å². The Morgan fingerprint density at radius 2 is 1.76 bits per heavy atom. The smallest absolute Gasteiger partial charge is 0.247 e. The number of benzene rings is 1. The van der Waals surface area contributed by atoms with E-state index in [1.807, 2.05) is 10.2 Å². The van der Waals surface area contributed by atoms with E-state index in [1.54, 1.807) is 0 Å². The number of aromatic amines is 2. The Labute approximate surface area is 119 Å². The minimum atomic E-state index is -4.38. The molecular formula is C11H9F4N3O2S. The topological polar surface area (TPSA) is 70.7 Å². The lowest BCUT2D eigenvalue weighted by Gasteiger charge is -2.11. The molecule has 2 N–H and O–H groups in total. The van der Waals surface area contributed by atoms with Crippen LogP contribution in [0, 0.1) is 12.7 Å². The highest BCUT2D eigenvalue weighted by atomic mass is 32.2. The molecule has 0 amide bonds. The Morgan fingerprint density at radius 3 is 2.29 bits per heavy atom. The van der Waals surface area contributed by atoms with Gasteiger partial charge < -0.3 is 0 Å². The van der Waals surface area contributed by atoms with E-state index < -0.39 is 34.8 Å². The van der Waals surface area contributed by atoms with Crippen LogP contribution in [-0.4, -0.2) is 26.7 Å². The normalized spacial score (nSPS) is 11.9. The summed E-state index contributed by atoms with van der Waals surface area (Å²) in [5.74, 6) is -2.03. The Hall–Kier alpha value is -1.97. The van der Waals surface area contributed by atoms with Gasteiger partial charge in [0.1, 0.15) is 5.82 Å². The lowest BCUT2D eigenvalue weighted by Crippen LogP contribution is -2.25. The molecule has 0 radical (unpaired) electrons. The molecule has 1 aromatic heterocycles. The van der Waals surface area contributed by atoms with Crippen LogP contribution in [0.15, 0.2) is 26.6 Å². The molecule has 0 spiro atoms. The molecule has 1 aromatic carbocycles. The maximum absolute atomic E-state index is 13.9. The summed E-state index contributed by atoms with van der Waals surface area (Å²) in [5, 5.41) is 3.94. The molecule has 0 fully saturated rings. The zero-order chi connectivity index (χ0) is 15.8. The summed E-state index contributed by atoms with van der Waals surface area (Å²) in [6.07, 6.45) is -4.38. The Balaban J connectivity index is 2.49. The number of halogens is 4. The summed E-state index contributed by atoms with van der Waals surface area (Å²) >= 11 is 0.456. The van der Waals surface area contributed by atoms with Crippen LogP contribution in [0.2, 0.25) is 0 Å². The van der Waals surface area contributed by atoms with E-state index in [-0.39, 0.29) is 10.5 Å². The van der Waals surface area contributed by atoms with E-state index in [0.717, 1.165) is 12.1 Å². The zero-order valence-corrected chi connectivity index (χ0v) is 11.4. The van der Waals surface area contributed by atoms with Crippen molar-refractivity contribution in [2.75, 3.05) is 5.75 Å². The van der Waals surface area contributed by atoms with Gasteiger partial charge in [-0.3, -0.25) is 0 Å². The number of thioether (sulfide) groups is 1. The fourth-order valence-electron chi connectivity index (χ4n) is 1.66. The molecule has 0 aliphatic rings. The van der Waals surface area contributed by atoms with Crippen LogP contribution in [0.1, 0.15) is 5.56 Å². The number of hydrogen-bond acceptors (Lipinski definition) is 3. The maximum Gasteiger partial charge on any atom is 0.398 e. The summed E-state index contributed by atoms with van der Waals surface area (Å²) in [7, 11) is 0. The van der Waals surface area contributed by atoms with E-state index in [4.69, 9.17) is 0 Å². The second-order valence-electron chi connectivity index (χ2n) is 4.17. The highest BCUT2D eigenvalue weighted by molar-refractivity contribution is 7.99. The first-order valence-corrected chi connectivity index (χ1v) is 6.57. The third-order valence-electron chi connectivity index (χ3n) is 2.56. The van der Waals surface area contributed by atoms with Crippen molar-refractivity contribution in [1.29, 1.82) is 0 Å². The first-order chi connectivity index (χ1) is 9.69. The molecule has 114 valence electrons. The van der Waals surface area contributed by atoms with Gasteiger partial charge in [-0.2, -0.15) is 13.2 Å². The van der Waals surface area contributed by atoms with Crippen LogP contribution in [0.5, 0.6) is 0 Å². The monoisotopic (exact) mass is 323 g/mol. The van der Waals surface area contributed by atoms with Gasteiger partial charge in [0, 0.05) is 4.90 Å². The molecule has 0 bridgehead atoms. The SMILES string of the molecule is Cc1cc(F)c(-n2c(=O)[nH][nH]c2=O)cc1SCC(F)(F)F. The number of rotatable bonds is 3. The van der Waals surface area contributed by atoms with Crippen LogP contribution in [-0.2, 0) is 0 Å². The highest BCUT2D eigenvalue weighted by Gasteiger charge is 2.28. The van der Waals surface area contributed by atoms with E-state index >= 15 is 0 Å². The Morgan fingerprint density at radius 1 is 1.19 bits per heavy atom. The first-order valence-electron chi connectivity index (χ1n) is 5.59. The molecule has 21 heavy (non-hydrogen) atoms. The van der Waals surface area contributed by atoms with Gasteiger partial charge in [0.25, 0.3) is 0 Å². The van der Waals surface area contributed by atoms with Crippen molar-refractivity contribution in [3.05, 3.63) is 44.5 Å². The van der Waals surface area contributed by atoms with E-state index in [9.17, 15) is 27.2 Å². The van der Waals surface area contributed by atoms with Gasteiger partial charge in [-0.05, 0) is 24.6 Å². The molecule has 0 saturated carbocycles. The summed E-state index contributed by atoms with van der Waals surface area (Å²) in [5.41, 5.74) is -1.94. The highest BCUT2D eigenvalue weighted by Crippen LogP contribution is 2.31. The number of alkyl halides is 3. The van der Waals surface area contributed by atoms with Crippen molar-refractivity contribution < 1.29 is 17.6 Å². The van der Waals surface area contributed by atoms with Crippen LogP contribution in [0.25, 0.3) is 5.69 Å². The van der Waals surface area contributed by atoms with Gasteiger partial charge in [0.2, 0.25) is 0 Å². The number of H-pyrrole nitrogens is 2. The number of aromatic nitrogens is 3. The standard InChI is InChI=1S/C11H9F4N3O2S/c1-5-2-6(12)7(18-9(19)16-17-10(18)20)3-8(5)21-4-11(13,14)15/h2-3H,4H2,1H3,(H,16,19)(H,17,20). The van der Waals surface area contributed by atoms with Crippen molar-refractivity contribution in [2.24, 2.45) is 0 Å². The van der Waals surface area contributed by atoms with E-state index in [2.05, 4.69) is 0 Å². The second kappa shape index (κ2) is 5.43. The number of nitrogens with zero attached hydrogens (tertiary/aromatic N) is 1. The molecule has 2 rings (SSSR count).